The zero-order chi connectivity index (χ0) is 16.6. The average molecular weight is 342 g/mol. The number of nitrogens with two attached hydrogens (primary N) is 1. The molecule has 0 saturated carbocycles. The van der Waals surface area contributed by atoms with Crippen LogP contribution in [-0.4, -0.2) is 41.2 Å². The van der Waals surface area contributed by atoms with Gasteiger partial charge in [0.05, 0.1) is 0 Å². The van der Waals surface area contributed by atoms with Crippen molar-refractivity contribution in [1.82, 2.24) is 0 Å². The van der Waals surface area contributed by atoms with Crippen LogP contribution in [0.15, 0.2) is 0 Å². The van der Waals surface area contributed by atoms with Crippen LogP contribution in [0.3, 0.4) is 0 Å². The standard InChI is InChI=1S/C4H10N.3C4H10O.Ti/c1-3-4(2)5;3*1-2-3-4-5;/h4H,1,3,5H2,2H3;3*5H,2-4H2,1H3;/q-1;;;;. The van der Waals surface area contributed by atoms with Gasteiger partial charge in [0.2, 0.25) is 0 Å². The molecule has 0 aliphatic rings. The van der Waals surface area contributed by atoms with Crippen molar-refractivity contribution < 1.29 is 37.0 Å². The van der Waals surface area contributed by atoms with E-state index < -0.39 is 0 Å². The van der Waals surface area contributed by atoms with Gasteiger partial charge in [0.15, 0.2) is 0 Å². The molecule has 0 heterocycles. The summed E-state index contributed by atoms with van der Waals surface area (Å²) < 4.78 is 0. The summed E-state index contributed by atoms with van der Waals surface area (Å²) in [5.41, 5.74) is 5.23. The summed E-state index contributed by atoms with van der Waals surface area (Å²) in [6.45, 7) is 12.7. The summed E-state index contributed by atoms with van der Waals surface area (Å²) in [6.07, 6.45) is 6.95. The summed E-state index contributed by atoms with van der Waals surface area (Å²) in [7, 11) is 0. The number of hydrogen-bond acceptors (Lipinski definition) is 4. The molecule has 0 aliphatic heterocycles. The molecule has 0 amide bonds. The van der Waals surface area contributed by atoms with Crippen molar-refractivity contribution in [3.8, 4) is 0 Å². The Hall–Kier alpha value is 0.554. The van der Waals surface area contributed by atoms with E-state index in [1.54, 1.807) is 0 Å². The fourth-order valence-electron chi connectivity index (χ4n) is 0.474. The Morgan fingerprint density at radius 3 is 1.00 bits per heavy atom. The van der Waals surface area contributed by atoms with E-state index in [-0.39, 0.29) is 27.8 Å². The van der Waals surface area contributed by atoms with Gasteiger partial charge in [0.1, 0.15) is 0 Å². The van der Waals surface area contributed by atoms with Gasteiger partial charge in [-0.25, -0.2) is 0 Å². The fraction of sp³-hybridized carbons (Fsp3) is 0.938. The molecule has 1 atom stereocenters. The van der Waals surface area contributed by atoms with Gasteiger partial charge in [-0.05, 0) is 25.3 Å². The van der Waals surface area contributed by atoms with Crippen LogP contribution in [0.4, 0.5) is 0 Å². The van der Waals surface area contributed by atoms with E-state index in [4.69, 9.17) is 21.1 Å². The maximum atomic E-state index is 8.07. The molecule has 1 unspecified atom stereocenters. The first-order chi connectivity index (χ1) is 9.51. The quantitative estimate of drug-likeness (QED) is 0.423. The van der Waals surface area contributed by atoms with Crippen LogP contribution in [-0.2, 0) is 21.7 Å². The number of hydrogen-bond donors (Lipinski definition) is 4. The van der Waals surface area contributed by atoms with Crippen molar-refractivity contribution in [2.45, 2.75) is 78.7 Å². The smallest absolute Gasteiger partial charge is 0.0430 e. The Kier molecular flexibility index (Phi) is 67.7. The first-order valence-corrected chi connectivity index (χ1v) is 7.89. The normalized spacial score (nSPS) is 9.57. The number of aliphatic hydroxyl groups excluding tert-OH is 3. The number of unbranched alkanes of at least 4 members (excludes halogenated alkanes) is 3. The molecule has 132 valence electrons. The van der Waals surface area contributed by atoms with E-state index in [2.05, 4.69) is 27.7 Å². The monoisotopic (exact) mass is 342 g/mol. The van der Waals surface area contributed by atoms with E-state index in [9.17, 15) is 0 Å². The molecule has 0 saturated heterocycles. The third-order valence-corrected chi connectivity index (χ3v) is 1.99. The van der Waals surface area contributed by atoms with E-state index in [0.717, 1.165) is 44.9 Å². The SMILES string of the molecule is CCCCO.CCCCO.CCCCO.[CH2-]CC(C)N.[Ti]. The van der Waals surface area contributed by atoms with Crippen molar-refractivity contribution in [1.29, 1.82) is 0 Å². The molecule has 0 bridgehead atoms. The molecule has 4 nitrogen and oxygen atoms in total. The number of rotatable bonds is 7. The van der Waals surface area contributed by atoms with Crippen LogP contribution < -0.4 is 5.73 Å². The van der Waals surface area contributed by atoms with Crippen LogP contribution >= 0.6 is 0 Å². The molecule has 0 fully saturated rings. The van der Waals surface area contributed by atoms with Crippen LogP contribution in [0.5, 0.6) is 0 Å². The van der Waals surface area contributed by atoms with Gasteiger partial charge in [0.25, 0.3) is 0 Å². The van der Waals surface area contributed by atoms with E-state index in [0.29, 0.717) is 19.8 Å². The van der Waals surface area contributed by atoms with Crippen molar-refractivity contribution >= 4 is 0 Å². The first-order valence-electron chi connectivity index (χ1n) is 7.89. The molecule has 0 aromatic rings. The maximum Gasteiger partial charge on any atom is 0.0430 e. The Labute approximate surface area is 148 Å². The van der Waals surface area contributed by atoms with Gasteiger partial charge >= 0.3 is 0 Å². The maximum absolute atomic E-state index is 8.07. The summed E-state index contributed by atoms with van der Waals surface area (Å²) in [5.74, 6) is 0. The predicted molar refractivity (Wildman–Crippen MR) is 89.6 cm³/mol. The largest absolute Gasteiger partial charge is 0.396 e. The Bertz CT molecular complexity index is 97.4. The minimum Gasteiger partial charge on any atom is -0.396 e. The van der Waals surface area contributed by atoms with Crippen LogP contribution in [0.25, 0.3) is 0 Å². The van der Waals surface area contributed by atoms with Crippen molar-refractivity contribution in [2.75, 3.05) is 19.8 Å². The van der Waals surface area contributed by atoms with Gasteiger partial charge in [-0.3, -0.25) is 0 Å². The molecular formula is C16H40NO3Ti-. The molecule has 0 radical (unpaired) electrons. The second-order valence-corrected chi connectivity index (χ2v) is 4.50. The van der Waals surface area contributed by atoms with Crippen LogP contribution in [0.2, 0.25) is 0 Å². The van der Waals surface area contributed by atoms with Crippen LogP contribution in [0.1, 0.15) is 72.6 Å². The topological polar surface area (TPSA) is 86.7 Å². The Morgan fingerprint density at radius 2 is 1.00 bits per heavy atom. The fourth-order valence-corrected chi connectivity index (χ4v) is 0.474. The number of aliphatic hydroxyl groups is 3. The molecule has 0 aliphatic carbocycles. The van der Waals surface area contributed by atoms with Crippen molar-refractivity contribution in [2.24, 2.45) is 5.73 Å². The molecule has 21 heavy (non-hydrogen) atoms. The van der Waals surface area contributed by atoms with E-state index in [1.165, 1.54) is 0 Å². The zero-order valence-electron chi connectivity index (χ0n) is 14.8. The van der Waals surface area contributed by atoms with Gasteiger partial charge < -0.3 is 28.0 Å². The first kappa shape index (κ1) is 33.2. The summed E-state index contributed by atoms with van der Waals surface area (Å²) in [6, 6.07) is 0.273. The van der Waals surface area contributed by atoms with Gasteiger partial charge in [-0.15, -0.1) is 0 Å². The summed E-state index contributed by atoms with van der Waals surface area (Å²) in [5, 5.41) is 24.2. The second kappa shape index (κ2) is 42.8. The Balaban J connectivity index is -0.0000000533. The van der Waals surface area contributed by atoms with Crippen molar-refractivity contribution in [3.05, 3.63) is 6.92 Å². The summed E-state index contributed by atoms with van der Waals surface area (Å²) >= 11 is 0. The van der Waals surface area contributed by atoms with Crippen molar-refractivity contribution in [3.63, 3.8) is 0 Å². The third kappa shape index (κ3) is 96.7. The van der Waals surface area contributed by atoms with Gasteiger partial charge in [-0.1, -0.05) is 47.0 Å². The Morgan fingerprint density at radius 1 is 0.810 bits per heavy atom. The van der Waals surface area contributed by atoms with Crippen LogP contribution in [0, 0.1) is 6.92 Å². The van der Waals surface area contributed by atoms with Gasteiger partial charge in [-0.2, -0.15) is 6.42 Å². The van der Waals surface area contributed by atoms with Gasteiger partial charge in [0, 0.05) is 41.5 Å². The molecular weight excluding hydrogens is 302 g/mol. The third-order valence-electron chi connectivity index (χ3n) is 1.99. The minimum absolute atomic E-state index is 0. The molecule has 5 N–H and O–H groups in total. The summed E-state index contributed by atoms with van der Waals surface area (Å²) in [4.78, 5) is 0. The predicted octanol–water partition coefficient (Wildman–Crippen LogP) is 2.89. The molecule has 0 aromatic carbocycles. The molecule has 5 heteroatoms. The average Bonchev–Trinajstić information content (AvgIpc) is 2.43. The molecule has 0 rings (SSSR count). The van der Waals surface area contributed by atoms with E-state index in [1.807, 2.05) is 6.92 Å². The van der Waals surface area contributed by atoms with E-state index >= 15 is 0 Å². The molecule has 0 aromatic heterocycles. The zero-order valence-corrected chi connectivity index (χ0v) is 16.3. The minimum atomic E-state index is 0. The molecule has 0 spiro atoms. The second-order valence-electron chi connectivity index (χ2n) is 4.50.